The van der Waals surface area contributed by atoms with Gasteiger partial charge in [0.25, 0.3) is 0 Å². The smallest absolute Gasteiger partial charge is 0.160 e. The maximum Gasteiger partial charge on any atom is 0.160 e. The van der Waals surface area contributed by atoms with E-state index in [0.29, 0.717) is 5.56 Å². The number of hydrogen-bond acceptors (Lipinski definition) is 2. The molecule has 0 radical (unpaired) electrons. The average molecular weight is 233 g/mol. The molecule has 0 saturated carbocycles. The van der Waals surface area contributed by atoms with E-state index in [1.54, 1.807) is 18.2 Å². The standard InChI is InChI=1S/C13H9F2NO/c14-11-6-5-10(7-12(11)15)16-8-9-3-1-2-4-13(9)17/h1-8,17H. The monoisotopic (exact) mass is 233 g/mol. The molecular weight excluding hydrogens is 224 g/mol. The summed E-state index contributed by atoms with van der Waals surface area (Å²) in [4.78, 5) is 3.95. The second kappa shape index (κ2) is 4.74. The summed E-state index contributed by atoms with van der Waals surface area (Å²) >= 11 is 0. The summed E-state index contributed by atoms with van der Waals surface area (Å²) in [6.07, 6.45) is 1.39. The first-order valence-electron chi connectivity index (χ1n) is 4.94. The van der Waals surface area contributed by atoms with Crippen molar-refractivity contribution in [2.75, 3.05) is 0 Å². The fourth-order valence-corrected chi connectivity index (χ4v) is 1.31. The third-order valence-electron chi connectivity index (χ3n) is 2.19. The van der Waals surface area contributed by atoms with Crippen LogP contribution in [0.1, 0.15) is 5.56 Å². The maximum atomic E-state index is 12.9. The van der Waals surface area contributed by atoms with Gasteiger partial charge in [-0.3, -0.25) is 4.99 Å². The molecule has 0 heterocycles. The number of benzene rings is 2. The number of rotatable bonds is 2. The van der Waals surface area contributed by atoms with Crippen molar-refractivity contribution in [3.63, 3.8) is 0 Å². The van der Waals surface area contributed by atoms with E-state index in [1.807, 2.05) is 0 Å². The van der Waals surface area contributed by atoms with Gasteiger partial charge in [-0.25, -0.2) is 8.78 Å². The van der Waals surface area contributed by atoms with Crippen LogP contribution in [0, 0.1) is 11.6 Å². The van der Waals surface area contributed by atoms with E-state index < -0.39 is 11.6 Å². The molecule has 2 aromatic carbocycles. The molecule has 0 saturated heterocycles. The number of halogens is 2. The number of aromatic hydroxyl groups is 1. The van der Waals surface area contributed by atoms with Gasteiger partial charge in [0, 0.05) is 17.8 Å². The molecule has 0 amide bonds. The number of phenolic OH excluding ortho intramolecular Hbond substituents is 1. The molecule has 2 aromatic rings. The SMILES string of the molecule is Oc1ccccc1C=Nc1ccc(F)c(F)c1. The topological polar surface area (TPSA) is 32.6 Å². The van der Waals surface area contributed by atoms with Crippen molar-refractivity contribution in [2.45, 2.75) is 0 Å². The molecule has 0 fully saturated rings. The molecule has 0 unspecified atom stereocenters. The second-order valence-corrected chi connectivity index (χ2v) is 3.42. The Balaban J connectivity index is 2.26. The first-order chi connectivity index (χ1) is 8.16. The first kappa shape index (κ1) is 11.3. The summed E-state index contributed by atoms with van der Waals surface area (Å²) < 4.78 is 25.5. The van der Waals surface area contributed by atoms with E-state index in [9.17, 15) is 13.9 Å². The molecule has 17 heavy (non-hydrogen) atoms. The normalized spacial score (nSPS) is 10.9. The van der Waals surface area contributed by atoms with Crippen LogP contribution in [0.4, 0.5) is 14.5 Å². The molecule has 86 valence electrons. The van der Waals surface area contributed by atoms with Gasteiger partial charge in [0.2, 0.25) is 0 Å². The zero-order valence-corrected chi connectivity index (χ0v) is 8.77. The molecule has 0 spiro atoms. The van der Waals surface area contributed by atoms with Gasteiger partial charge in [-0.15, -0.1) is 0 Å². The van der Waals surface area contributed by atoms with Gasteiger partial charge in [0.1, 0.15) is 5.75 Å². The minimum absolute atomic E-state index is 0.0823. The Hall–Kier alpha value is -2.23. The molecule has 0 bridgehead atoms. The fourth-order valence-electron chi connectivity index (χ4n) is 1.31. The number of nitrogens with zero attached hydrogens (tertiary/aromatic N) is 1. The first-order valence-corrected chi connectivity index (χ1v) is 4.94. The molecule has 2 nitrogen and oxygen atoms in total. The predicted octanol–water partition coefficient (Wildman–Crippen LogP) is 3.42. The Morgan fingerprint density at radius 3 is 2.47 bits per heavy atom. The number of para-hydroxylation sites is 1. The summed E-state index contributed by atoms with van der Waals surface area (Å²) in [7, 11) is 0. The van der Waals surface area contributed by atoms with Crippen LogP contribution in [0.15, 0.2) is 47.5 Å². The van der Waals surface area contributed by atoms with Gasteiger partial charge in [-0.05, 0) is 24.3 Å². The van der Waals surface area contributed by atoms with Gasteiger partial charge < -0.3 is 5.11 Å². The Bertz CT molecular complexity index is 567. The molecule has 0 aromatic heterocycles. The third kappa shape index (κ3) is 2.66. The number of phenols is 1. The average Bonchev–Trinajstić information content (AvgIpc) is 2.32. The summed E-state index contributed by atoms with van der Waals surface area (Å²) in [6.45, 7) is 0. The van der Waals surface area contributed by atoms with E-state index in [4.69, 9.17) is 0 Å². The van der Waals surface area contributed by atoms with Gasteiger partial charge >= 0.3 is 0 Å². The highest BCUT2D eigenvalue weighted by Gasteiger charge is 2.01. The lowest BCUT2D eigenvalue weighted by Crippen LogP contribution is -1.83. The highest BCUT2D eigenvalue weighted by Crippen LogP contribution is 2.18. The lowest BCUT2D eigenvalue weighted by atomic mass is 10.2. The minimum Gasteiger partial charge on any atom is -0.507 e. The molecule has 1 N–H and O–H groups in total. The van der Waals surface area contributed by atoms with Crippen molar-refractivity contribution in [3.8, 4) is 5.75 Å². The summed E-state index contributed by atoms with van der Waals surface area (Å²) in [5.74, 6) is -1.78. The van der Waals surface area contributed by atoms with E-state index in [2.05, 4.69) is 4.99 Å². The van der Waals surface area contributed by atoms with Crippen LogP contribution in [-0.4, -0.2) is 11.3 Å². The fraction of sp³-hybridized carbons (Fsp3) is 0. The molecular formula is C13H9F2NO. The lowest BCUT2D eigenvalue weighted by molar-refractivity contribution is 0.474. The number of hydrogen-bond donors (Lipinski definition) is 1. The van der Waals surface area contributed by atoms with Crippen molar-refractivity contribution in [3.05, 3.63) is 59.7 Å². The zero-order valence-electron chi connectivity index (χ0n) is 8.77. The van der Waals surface area contributed by atoms with Gasteiger partial charge in [-0.1, -0.05) is 12.1 Å². The van der Waals surface area contributed by atoms with Crippen molar-refractivity contribution in [1.29, 1.82) is 0 Å². The Labute approximate surface area is 96.9 Å². The van der Waals surface area contributed by atoms with Gasteiger partial charge in [-0.2, -0.15) is 0 Å². The van der Waals surface area contributed by atoms with E-state index in [0.717, 1.165) is 12.1 Å². The molecule has 0 aliphatic heterocycles. The summed E-state index contributed by atoms with van der Waals surface area (Å²) in [6, 6.07) is 9.97. The Morgan fingerprint density at radius 1 is 1.00 bits per heavy atom. The third-order valence-corrected chi connectivity index (χ3v) is 2.19. The molecule has 2 rings (SSSR count). The minimum atomic E-state index is -0.947. The van der Waals surface area contributed by atoms with E-state index in [1.165, 1.54) is 18.3 Å². The highest BCUT2D eigenvalue weighted by molar-refractivity contribution is 5.85. The van der Waals surface area contributed by atoms with Crippen molar-refractivity contribution < 1.29 is 13.9 Å². The lowest BCUT2D eigenvalue weighted by Gasteiger charge is -1.98. The van der Waals surface area contributed by atoms with Crippen LogP contribution in [0.25, 0.3) is 0 Å². The van der Waals surface area contributed by atoms with Crippen LogP contribution in [0.2, 0.25) is 0 Å². The van der Waals surface area contributed by atoms with Crippen LogP contribution >= 0.6 is 0 Å². The quantitative estimate of drug-likeness (QED) is 0.792. The number of aliphatic imine (C=N–C) groups is 1. The molecule has 0 aliphatic carbocycles. The molecule has 0 aliphatic rings. The van der Waals surface area contributed by atoms with Crippen LogP contribution in [0.5, 0.6) is 5.75 Å². The van der Waals surface area contributed by atoms with Gasteiger partial charge in [0.05, 0.1) is 5.69 Å². The molecule has 4 heteroatoms. The highest BCUT2D eigenvalue weighted by atomic mass is 19.2. The van der Waals surface area contributed by atoms with E-state index in [-0.39, 0.29) is 11.4 Å². The van der Waals surface area contributed by atoms with Crippen molar-refractivity contribution >= 4 is 11.9 Å². The van der Waals surface area contributed by atoms with Crippen molar-refractivity contribution in [1.82, 2.24) is 0 Å². The van der Waals surface area contributed by atoms with Crippen LogP contribution in [0.3, 0.4) is 0 Å². The Morgan fingerprint density at radius 2 is 1.76 bits per heavy atom. The second-order valence-electron chi connectivity index (χ2n) is 3.42. The molecule has 0 atom stereocenters. The van der Waals surface area contributed by atoms with Gasteiger partial charge in [0.15, 0.2) is 11.6 Å². The predicted molar refractivity (Wildman–Crippen MR) is 61.7 cm³/mol. The Kier molecular flexibility index (Phi) is 3.14. The summed E-state index contributed by atoms with van der Waals surface area (Å²) in [5.41, 5.74) is 0.796. The zero-order chi connectivity index (χ0) is 12.3. The van der Waals surface area contributed by atoms with Crippen molar-refractivity contribution in [2.24, 2.45) is 4.99 Å². The van der Waals surface area contributed by atoms with Crippen LogP contribution < -0.4 is 0 Å². The van der Waals surface area contributed by atoms with Crippen LogP contribution in [-0.2, 0) is 0 Å². The maximum absolute atomic E-state index is 12.9. The van der Waals surface area contributed by atoms with E-state index >= 15 is 0 Å². The summed E-state index contributed by atoms with van der Waals surface area (Å²) in [5, 5.41) is 9.46. The largest absolute Gasteiger partial charge is 0.507 e.